The fraction of sp³-hybridized carbons (Fsp3) is 0.286. The molecule has 0 aromatic heterocycles. The lowest BCUT2D eigenvalue weighted by Gasteiger charge is -2.24. The maximum Gasteiger partial charge on any atom is 0.416 e. The Morgan fingerprint density at radius 1 is 1.05 bits per heavy atom. The Morgan fingerprint density at radius 2 is 1.74 bits per heavy atom. The van der Waals surface area contributed by atoms with Gasteiger partial charge in [0.05, 0.1) is 17.0 Å². The lowest BCUT2D eigenvalue weighted by molar-refractivity contribution is -0.138. The molecule has 4 rings (SSSR count). The summed E-state index contributed by atoms with van der Waals surface area (Å²) in [4.78, 5) is 25.8. The minimum absolute atomic E-state index is 0.0291. The van der Waals surface area contributed by atoms with E-state index in [9.17, 15) is 27.2 Å². The number of halogens is 5. The molecule has 38 heavy (non-hydrogen) atoms. The zero-order valence-corrected chi connectivity index (χ0v) is 21.1. The second kappa shape index (κ2) is 10.6. The van der Waals surface area contributed by atoms with Crippen molar-refractivity contribution >= 4 is 23.5 Å². The summed E-state index contributed by atoms with van der Waals surface area (Å²) in [7, 11) is 0. The molecular formula is C28H24ClF4NO4. The van der Waals surface area contributed by atoms with Crippen LogP contribution in [-0.4, -0.2) is 34.0 Å². The van der Waals surface area contributed by atoms with Crippen LogP contribution in [0, 0.1) is 5.82 Å². The maximum atomic E-state index is 13.9. The molecule has 1 atom stereocenters. The van der Waals surface area contributed by atoms with Crippen LogP contribution in [0.1, 0.15) is 46.0 Å². The highest BCUT2D eigenvalue weighted by atomic mass is 35.5. The molecule has 0 fully saturated rings. The first-order valence-corrected chi connectivity index (χ1v) is 12.1. The second-order valence-corrected chi connectivity index (χ2v) is 9.95. The zero-order chi connectivity index (χ0) is 27.7. The van der Waals surface area contributed by atoms with Gasteiger partial charge in [-0.15, -0.1) is 0 Å². The maximum absolute atomic E-state index is 13.9. The van der Waals surface area contributed by atoms with Crippen molar-refractivity contribution in [2.24, 2.45) is 0 Å². The number of carboxylic acids is 1. The van der Waals surface area contributed by atoms with E-state index in [1.165, 1.54) is 29.2 Å². The van der Waals surface area contributed by atoms with Crippen LogP contribution in [0.3, 0.4) is 0 Å². The highest BCUT2D eigenvalue weighted by Gasteiger charge is 2.36. The Kier molecular flexibility index (Phi) is 7.69. The number of nitrogens with zero attached hydrogens (tertiary/aromatic N) is 1. The van der Waals surface area contributed by atoms with E-state index in [-0.39, 0.29) is 24.5 Å². The molecular weight excluding hydrogens is 526 g/mol. The van der Waals surface area contributed by atoms with Gasteiger partial charge in [0.2, 0.25) is 0 Å². The Balaban J connectivity index is 1.52. The minimum Gasteiger partial charge on any atom is -0.487 e. The van der Waals surface area contributed by atoms with E-state index in [0.717, 1.165) is 17.7 Å². The van der Waals surface area contributed by atoms with Crippen LogP contribution >= 0.6 is 11.6 Å². The van der Waals surface area contributed by atoms with E-state index in [4.69, 9.17) is 21.4 Å². The fourth-order valence-electron chi connectivity index (χ4n) is 4.52. The van der Waals surface area contributed by atoms with Gasteiger partial charge in [-0.3, -0.25) is 9.59 Å². The molecule has 1 aliphatic rings. The quantitative estimate of drug-likeness (QED) is 0.324. The van der Waals surface area contributed by atoms with Crippen LogP contribution in [0.2, 0.25) is 5.02 Å². The summed E-state index contributed by atoms with van der Waals surface area (Å²) in [6, 6.07) is 13.8. The van der Waals surface area contributed by atoms with E-state index >= 15 is 0 Å². The van der Waals surface area contributed by atoms with Crippen molar-refractivity contribution in [1.82, 2.24) is 4.90 Å². The molecule has 1 unspecified atom stereocenters. The molecule has 5 nitrogen and oxygen atoms in total. The van der Waals surface area contributed by atoms with Gasteiger partial charge in [-0.05, 0) is 66.1 Å². The summed E-state index contributed by atoms with van der Waals surface area (Å²) >= 11 is 5.77. The molecule has 3 aromatic carbocycles. The van der Waals surface area contributed by atoms with Crippen LogP contribution in [-0.2, 0) is 30.4 Å². The molecule has 0 radical (unpaired) electrons. The Labute approximate surface area is 221 Å². The normalized spacial score (nSPS) is 16.6. The highest BCUT2D eigenvalue weighted by molar-refractivity contribution is 6.30. The Bertz CT molecular complexity index is 1360. The van der Waals surface area contributed by atoms with E-state index in [2.05, 4.69) is 0 Å². The molecule has 0 aliphatic carbocycles. The molecule has 0 saturated heterocycles. The Hall–Kier alpha value is -3.59. The van der Waals surface area contributed by atoms with Gasteiger partial charge in [-0.1, -0.05) is 29.8 Å². The van der Waals surface area contributed by atoms with E-state index in [1.807, 2.05) is 6.92 Å². The molecule has 1 amide bonds. The molecule has 3 aromatic rings. The highest BCUT2D eigenvalue weighted by Crippen LogP contribution is 2.38. The van der Waals surface area contributed by atoms with Gasteiger partial charge in [0.15, 0.2) is 0 Å². The molecule has 10 heteroatoms. The van der Waals surface area contributed by atoms with Gasteiger partial charge >= 0.3 is 12.1 Å². The number of hydrogen-bond donors (Lipinski definition) is 1. The molecule has 1 heterocycles. The number of carbonyl (C=O) groups excluding carboxylic acids is 1. The van der Waals surface area contributed by atoms with Crippen molar-refractivity contribution in [3.63, 3.8) is 0 Å². The topological polar surface area (TPSA) is 66.8 Å². The second-order valence-electron chi connectivity index (χ2n) is 9.54. The smallest absolute Gasteiger partial charge is 0.416 e. The van der Waals surface area contributed by atoms with Crippen molar-refractivity contribution in [1.29, 1.82) is 0 Å². The van der Waals surface area contributed by atoms with Crippen LogP contribution in [0.4, 0.5) is 17.6 Å². The minimum atomic E-state index is -4.49. The lowest BCUT2D eigenvalue weighted by atomic mass is 9.91. The summed E-state index contributed by atoms with van der Waals surface area (Å²) in [5, 5.41) is 9.16. The predicted octanol–water partition coefficient (Wildman–Crippen LogP) is 6.55. The van der Waals surface area contributed by atoms with Crippen LogP contribution in [0.15, 0.2) is 60.7 Å². The number of carbonyl (C=O) groups is 2. The number of rotatable bonds is 8. The first kappa shape index (κ1) is 27.4. The van der Waals surface area contributed by atoms with Crippen molar-refractivity contribution in [3.8, 4) is 5.75 Å². The first-order valence-electron chi connectivity index (χ1n) is 11.8. The van der Waals surface area contributed by atoms with Crippen molar-refractivity contribution in [3.05, 3.63) is 99.3 Å². The lowest BCUT2D eigenvalue weighted by Crippen LogP contribution is -2.33. The summed E-state index contributed by atoms with van der Waals surface area (Å²) < 4.78 is 58.7. The number of fused-ring (bicyclic) bond motifs is 1. The van der Waals surface area contributed by atoms with Gasteiger partial charge in [-0.25, -0.2) is 4.39 Å². The number of ether oxygens (including phenoxy) is 1. The number of alkyl halides is 3. The third-order valence-electron chi connectivity index (χ3n) is 6.33. The number of aliphatic carboxylic acids is 1. The number of carboxylic acid groups (broad SMARTS) is 1. The summed E-state index contributed by atoms with van der Waals surface area (Å²) in [6.45, 7) is 1.70. The third-order valence-corrected chi connectivity index (χ3v) is 6.63. The van der Waals surface area contributed by atoms with Crippen LogP contribution in [0.25, 0.3) is 0 Å². The van der Waals surface area contributed by atoms with E-state index in [0.29, 0.717) is 35.3 Å². The summed E-state index contributed by atoms with van der Waals surface area (Å²) in [6.07, 6.45) is -3.96. The standard InChI is InChI=1S/C28H24ClF4NO4/c1-27(14-18-4-8-22(29)23(30)12-18)15-20-13-19(5-9-24(20)38-27)26(37)34(11-10-25(35)36)16-17-2-6-21(7-3-17)28(31,32)33/h2-9,12-13H,10-11,14-16H2,1H3,(H,35,36). The molecule has 0 bridgehead atoms. The fourth-order valence-corrected chi connectivity index (χ4v) is 4.64. The van der Waals surface area contributed by atoms with Gasteiger partial charge in [0.1, 0.15) is 17.2 Å². The predicted molar refractivity (Wildman–Crippen MR) is 133 cm³/mol. The van der Waals surface area contributed by atoms with Crippen molar-refractivity contribution in [2.75, 3.05) is 6.54 Å². The molecule has 1 N–H and O–H groups in total. The van der Waals surface area contributed by atoms with Gasteiger partial charge in [-0.2, -0.15) is 13.2 Å². The number of hydrogen-bond acceptors (Lipinski definition) is 3. The summed E-state index contributed by atoms with van der Waals surface area (Å²) in [5.41, 5.74) is 0.701. The SMILES string of the molecule is CC1(Cc2ccc(Cl)c(F)c2)Cc2cc(C(=O)N(CCC(=O)O)Cc3ccc(C(F)(F)F)cc3)ccc2O1. The largest absolute Gasteiger partial charge is 0.487 e. The zero-order valence-electron chi connectivity index (χ0n) is 20.3. The van der Waals surface area contributed by atoms with Gasteiger partial charge in [0.25, 0.3) is 5.91 Å². The van der Waals surface area contributed by atoms with Crippen molar-refractivity contribution < 1.29 is 37.0 Å². The molecule has 1 aliphatic heterocycles. The third kappa shape index (κ3) is 6.45. The summed E-state index contributed by atoms with van der Waals surface area (Å²) in [5.74, 6) is -1.50. The number of amides is 1. The van der Waals surface area contributed by atoms with Crippen LogP contribution in [0.5, 0.6) is 5.75 Å². The first-order chi connectivity index (χ1) is 17.8. The number of benzene rings is 3. The average Bonchev–Trinajstić information content (AvgIpc) is 3.18. The molecule has 200 valence electrons. The van der Waals surface area contributed by atoms with Gasteiger partial charge in [0, 0.05) is 31.5 Å². The van der Waals surface area contributed by atoms with E-state index < -0.39 is 35.0 Å². The van der Waals surface area contributed by atoms with E-state index in [1.54, 1.807) is 24.3 Å². The molecule has 0 saturated carbocycles. The van der Waals surface area contributed by atoms with Gasteiger partial charge < -0.3 is 14.7 Å². The van der Waals surface area contributed by atoms with Crippen LogP contribution < -0.4 is 4.74 Å². The monoisotopic (exact) mass is 549 g/mol. The Morgan fingerprint density at radius 3 is 2.37 bits per heavy atom. The average molecular weight is 550 g/mol. The molecule has 0 spiro atoms. The van der Waals surface area contributed by atoms with Crippen molar-refractivity contribution in [2.45, 2.75) is 44.5 Å².